The van der Waals surface area contributed by atoms with Crippen LogP contribution in [0.25, 0.3) is 6.08 Å². The van der Waals surface area contributed by atoms with Crippen LogP contribution in [-0.4, -0.2) is 36.3 Å². The standard InChI is InChI=1S/C24H30N4O3S/c1-4-11-28-18(2)14-20(19(28)3)15-21(17-25)24(29)26-22-9-8-10-23(16-22)32(30,31)27-12-6-5-7-13-27/h8-10,14-16H,4-7,11-13H2,1-3H3,(H,26,29)/b21-15+. The Hall–Kier alpha value is -2.89. The number of benzene rings is 1. The second-order valence-electron chi connectivity index (χ2n) is 8.09. The van der Waals surface area contributed by atoms with Crippen LogP contribution in [0.2, 0.25) is 0 Å². The quantitative estimate of drug-likeness (QED) is 0.500. The van der Waals surface area contributed by atoms with Gasteiger partial charge in [0.25, 0.3) is 5.91 Å². The van der Waals surface area contributed by atoms with Crippen molar-refractivity contribution in [1.82, 2.24) is 8.87 Å². The highest BCUT2D eigenvalue weighted by Gasteiger charge is 2.26. The van der Waals surface area contributed by atoms with Crippen molar-refractivity contribution >= 4 is 27.7 Å². The van der Waals surface area contributed by atoms with E-state index in [4.69, 9.17) is 0 Å². The Labute approximate surface area is 190 Å². The summed E-state index contributed by atoms with van der Waals surface area (Å²) in [6.07, 6.45) is 5.31. The van der Waals surface area contributed by atoms with Crippen molar-refractivity contribution in [1.29, 1.82) is 5.26 Å². The molecular formula is C24H30N4O3S. The number of amides is 1. The minimum Gasteiger partial charge on any atom is -0.349 e. The number of nitrogens with one attached hydrogen (secondary N) is 1. The van der Waals surface area contributed by atoms with Gasteiger partial charge < -0.3 is 9.88 Å². The number of hydrogen-bond acceptors (Lipinski definition) is 4. The summed E-state index contributed by atoms with van der Waals surface area (Å²) in [5.41, 5.74) is 3.20. The third-order valence-electron chi connectivity index (χ3n) is 5.77. The number of piperidine rings is 1. The Morgan fingerprint density at radius 3 is 2.56 bits per heavy atom. The van der Waals surface area contributed by atoms with Crippen LogP contribution in [0.1, 0.15) is 49.6 Å². The first-order chi connectivity index (χ1) is 15.3. The predicted octanol–water partition coefficient (Wildman–Crippen LogP) is 4.24. The lowest BCUT2D eigenvalue weighted by atomic mass is 10.1. The zero-order valence-corrected chi connectivity index (χ0v) is 19.7. The highest BCUT2D eigenvalue weighted by Crippen LogP contribution is 2.24. The molecule has 3 rings (SSSR count). The lowest BCUT2D eigenvalue weighted by Gasteiger charge is -2.26. The summed E-state index contributed by atoms with van der Waals surface area (Å²) >= 11 is 0. The Balaban J connectivity index is 1.82. The van der Waals surface area contributed by atoms with Gasteiger partial charge in [-0.1, -0.05) is 19.4 Å². The number of rotatable bonds is 7. The zero-order valence-electron chi connectivity index (χ0n) is 18.9. The van der Waals surface area contributed by atoms with Crippen molar-refractivity contribution in [2.45, 2.75) is 57.9 Å². The van der Waals surface area contributed by atoms with Gasteiger partial charge in [0.2, 0.25) is 10.0 Å². The summed E-state index contributed by atoms with van der Waals surface area (Å²) in [6, 6.07) is 10.1. The molecule has 0 aliphatic carbocycles. The Morgan fingerprint density at radius 2 is 1.91 bits per heavy atom. The fourth-order valence-electron chi connectivity index (χ4n) is 4.03. The molecular weight excluding hydrogens is 424 g/mol. The average molecular weight is 455 g/mol. The van der Waals surface area contributed by atoms with Crippen molar-refractivity contribution in [2.75, 3.05) is 18.4 Å². The van der Waals surface area contributed by atoms with Crippen LogP contribution in [0.15, 0.2) is 40.8 Å². The van der Waals surface area contributed by atoms with Gasteiger partial charge in [0, 0.05) is 36.7 Å². The van der Waals surface area contributed by atoms with Crippen molar-refractivity contribution in [3.05, 3.63) is 52.9 Å². The van der Waals surface area contributed by atoms with Crippen LogP contribution in [0.4, 0.5) is 5.69 Å². The van der Waals surface area contributed by atoms with Crippen LogP contribution in [0.5, 0.6) is 0 Å². The minimum absolute atomic E-state index is 0.0361. The van der Waals surface area contributed by atoms with Crippen LogP contribution in [-0.2, 0) is 21.4 Å². The molecule has 1 aliphatic heterocycles. The molecule has 7 nitrogen and oxygen atoms in total. The fraction of sp³-hybridized carbons (Fsp3) is 0.417. The van der Waals surface area contributed by atoms with E-state index in [0.29, 0.717) is 18.8 Å². The van der Waals surface area contributed by atoms with Crippen molar-refractivity contribution in [3.8, 4) is 6.07 Å². The second-order valence-corrected chi connectivity index (χ2v) is 10.0. The maximum Gasteiger partial charge on any atom is 0.266 e. The molecule has 0 unspecified atom stereocenters. The minimum atomic E-state index is -3.61. The van der Waals surface area contributed by atoms with Crippen LogP contribution < -0.4 is 5.32 Å². The number of hydrogen-bond donors (Lipinski definition) is 1. The van der Waals surface area contributed by atoms with Crippen molar-refractivity contribution in [2.24, 2.45) is 0 Å². The molecule has 1 N–H and O–H groups in total. The van der Waals surface area contributed by atoms with Crippen molar-refractivity contribution < 1.29 is 13.2 Å². The average Bonchev–Trinajstić information content (AvgIpc) is 3.05. The van der Waals surface area contributed by atoms with E-state index in [9.17, 15) is 18.5 Å². The normalized spacial score (nSPS) is 15.4. The maximum atomic E-state index is 12.9. The van der Waals surface area contributed by atoms with Crippen LogP contribution >= 0.6 is 0 Å². The number of aromatic nitrogens is 1. The van der Waals surface area contributed by atoms with Gasteiger partial charge in [-0.25, -0.2) is 8.42 Å². The van der Waals surface area contributed by atoms with E-state index < -0.39 is 15.9 Å². The summed E-state index contributed by atoms with van der Waals surface area (Å²) in [6.45, 7) is 7.96. The number of nitrogens with zero attached hydrogens (tertiary/aromatic N) is 3. The molecule has 170 valence electrons. The molecule has 2 aromatic rings. The lowest BCUT2D eigenvalue weighted by Crippen LogP contribution is -2.35. The predicted molar refractivity (Wildman–Crippen MR) is 125 cm³/mol. The maximum absolute atomic E-state index is 12.9. The monoisotopic (exact) mass is 454 g/mol. The lowest BCUT2D eigenvalue weighted by molar-refractivity contribution is -0.112. The fourth-order valence-corrected chi connectivity index (χ4v) is 5.60. The van der Waals surface area contributed by atoms with E-state index in [0.717, 1.165) is 49.2 Å². The Morgan fingerprint density at radius 1 is 1.19 bits per heavy atom. The number of aryl methyl sites for hydroxylation is 1. The third kappa shape index (κ3) is 5.12. The highest BCUT2D eigenvalue weighted by molar-refractivity contribution is 7.89. The van der Waals surface area contributed by atoms with Gasteiger partial charge in [-0.15, -0.1) is 0 Å². The smallest absolute Gasteiger partial charge is 0.266 e. The molecule has 0 bridgehead atoms. The van der Waals surface area contributed by atoms with Gasteiger partial charge >= 0.3 is 0 Å². The topological polar surface area (TPSA) is 95.2 Å². The van der Waals surface area contributed by atoms with E-state index in [2.05, 4.69) is 16.8 Å². The summed E-state index contributed by atoms with van der Waals surface area (Å²) in [4.78, 5) is 12.9. The second kappa shape index (κ2) is 10.2. The molecule has 0 spiro atoms. The van der Waals surface area contributed by atoms with Gasteiger partial charge in [-0.3, -0.25) is 4.79 Å². The molecule has 0 saturated carbocycles. The number of carbonyl (C=O) groups excluding carboxylic acids is 1. The van der Waals surface area contributed by atoms with Crippen LogP contribution in [0, 0.1) is 25.2 Å². The Bertz CT molecular complexity index is 1170. The van der Waals surface area contributed by atoms with Crippen LogP contribution in [0.3, 0.4) is 0 Å². The van der Waals surface area contributed by atoms with E-state index in [1.54, 1.807) is 18.2 Å². The zero-order chi connectivity index (χ0) is 23.3. The van der Waals surface area contributed by atoms with Gasteiger partial charge in [0.15, 0.2) is 0 Å². The summed E-state index contributed by atoms with van der Waals surface area (Å²) in [5, 5.41) is 12.2. The summed E-state index contributed by atoms with van der Waals surface area (Å²) < 4.78 is 29.5. The molecule has 1 aromatic carbocycles. The molecule has 1 amide bonds. The molecule has 1 aromatic heterocycles. The number of nitriles is 1. The summed E-state index contributed by atoms with van der Waals surface area (Å²) in [5.74, 6) is -0.569. The molecule has 0 atom stereocenters. The first-order valence-electron chi connectivity index (χ1n) is 11.0. The van der Waals surface area contributed by atoms with E-state index in [1.807, 2.05) is 26.0 Å². The third-order valence-corrected chi connectivity index (χ3v) is 7.66. The van der Waals surface area contributed by atoms with E-state index in [-0.39, 0.29) is 10.5 Å². The molecule has 1 aliphatic rings. The highest BCUT2D eigenvalue weighted by atomic mass is 32.2. The SMILES string of the molecule is CCCn1c(C)cc(/C=C(\C#N)C(=O)Nc2cccc(S(=O)(=O)N3CCCCC3)c2)c1C. The molecule has 1 saturated heterocycles. The first kappa shape index (κ1) is 23.8. The summed E-state index contributed by atoms with van der Waals surface area (Å²) in [7, 11) is -3.61. The number of sulfonamides is 1. The van der Waals surface area contributed by atoms with Gasteiger partial charge in [-0.2, -0.15) is 9.57 Å². The number of anilines is 1. The Kier molecular flexibility index (Phi) is 7.54. The number of carbonyl (C=O) groups is 1. The molecule has 2 heterocycles. The molecule has 8 heteroatoms. The molecule has 1 fully saturated rings. The van der Waals surface area contributed by atoms with E-state index >= 15 is 0 Å². The van der Waals surface area contributed by atoms with Crippen molar-refractivity contribution in [3.63, 3.8) is 0 Å². The van der Waals surface area contributed by atoms with E-state index in [1.165, 1.54) is 16.4 Å². The molecule has 32 heavy (non-hydrogen) atoms. The first-order valence-corrected chi connectivity index (χ1v) is 12.4. The molecule has 0 radical (unpaired) electrons. The van der Waals surface area contributed by atoms with Gasteiger partial charge in [0.1, 0.15) is 11.6 Å². The van der Waals surface area contributed by atoms with Gasteiger partial charge in [-0.05, 0) is 69.0 Å². The van der Waals surface area contributed by atoms with Gasteiger partial charge in [0.05, 0.1) is 4.90 Å². The largest absolute Gasteiger partial charge is 0.349 e.